The Bertz CT molecular complexity index is 275. The molecule has 0 bridgehead atoms. The van der Waals surface area contributed by atoms with Crippen molar-refractivity contribution in [2.45, 2.75) is 20.0 Å². The van der Waals surface area contributed by atoms with E-state index in [0.717, 1.165) is 5.16 Å². The van der Waals surface area contributed by atoms with Gasteiger partial charge in [0.1, 0.15) is 0 Å². The average Bonchev–Trinajstić information content (AvgIpc) is 2.29. The molecule has 0 atom stereocenters. The van der Waals surface area contributed by atoms with Crippen LogP contribution < -0.4 is 3.71 Å². The van der Waals surface area contributed by atoms with Crippen LogP contribution in [-0.2, 0) is 7.05 Å². The Balaban J connectivity index is 3.11. The Morgan fingerprint density at radius 1 is 1.42 bits per heavy atom. The molecule has 0 aromatic carbocycles. The van der Waals surface area contributed by atoms with Crippen LogP contribution in [0.3, 0.4) is 0 Å². The third kappa shape index (κ3) is 1.99. The van der Waals surface area contributed by atoms with Gasteiger partial charge in [-0.25, -0.2) is 0 Å². The van der Waals surface area contributed by atoms with Crippen LogP contribution >= 0.6 is 11.8 Å². The SMILES string of the molecule is CSc1nc[c]([Sn]([CH3])([CH3])[CH3])n1C. The quantitative estimate of drug-likeness (QED) is 0.609. The van der Waals surface area contributed by atoms with Crippen molar-refractivity contribution in [3.8, 4) is 0 Å². The monoisotopic (exact) mass is 292 g/mol. The Morgan fingerprint density at radius 2 is 2.00 bits per heavy atom. The molecule has 12 heavy (non-hydrogen) atoms. The van der Waals surface area contributed by atoms with E-state index >= 15 is 0 Å². The third-order valence-electron chi connectivity index (χ3n) is 1.90. The summed E-state index contributed by atoms with van der Waals surface area (Å²) in [5.41, 5.74) is 0. The van der Waals surface area contributed by atoms with E-state index in [-0.39, 0.29) is 0 Å². The molecule has 1 aromatic rings. The molecule has 0 spiro atoms. The van der Waals surface area contributed by atoms with Crippen molar-refractivity contribution < 1.29 is 0 Å². The molecule has 0 fully saturated rings. The molecule has 0 aliphatic rings. The zero-order chi connectivity index (χ0) is 9.35. The summed E-state index contributed by atoms with van der Waals surface area (Å²) in [5, 5.41) is 1.14. The van der Waals surface area contributed by atoms with Crippen molar-refractivity contribution in [1.82, 2.24) is 9.55 Å². The standard InChI is InChI=1S/C5H7N2S.3CH3.Sn/c1-7-4-3-6-5(7)8-2;;;;/h3H,1-2H3;3*1H3;. The fraction of sp³-hybridized carbons (Fsp3) is 0.625. The van der Waals surface area contributed by atoms with Gasteiger partial charge in [0.25, 0.3) is 0 Å². The number of hydrogen-bond donors (Lipinski definition) is 0. The second-order valence-corrected chi connectivity index (χ2v) is 19.0. The average molecular weight is 291 g/mol. The van der Waals surface area contributed by atoms with Crippen molar-refractivity contribution in [3.05, 3.63) is 6.20 Å². The van der Waals surface area contributed by atoms with Crippen LogP contribution in [0, 0.1) is 0 Å². The Morgan fingerprint density at radius 3 is 2.25 bits per heavy atom. The maximum absolute atomic E-state index is 4.38. The molecule has 0 unspecified atom stereocenters. The van der Waals surface area contributed by atoms with Crippen LogP contribution in [0.5, 0.6) is 0 Å². The zero-order valence-electron chi connectivity index (χ0n) is 8.38. The van der Waals surface area contributed by atoms with Crippen LogP contribution in [0.2, 0.25) is 14.8 Å². The van der Waals surface area contributed by atoms with Crippen molar-refractivity contribution in [3.63, 3.8) is 0 Å². The number of hydrogen-bond acceptors (Lipinski definition) is 2. The predicted molar refractivity (Wildman–Crippen MR) is 58.0 cm³/mol. The number of nitrogens with zero attached hydrogens (tertiary/aromatic N) is 2. The first-order valence-electron chi connectivity index (χ1n) is 4.03. The first-order chi connectivity index (χ1) is 5.46. The van der Waals surface area contributed by atoms with Gasteiger partial charge in [-0.3, -0.25) is 0 Å². The van der Waals surface area contributed by atoms with Crippen molar-refractivity contribution >= 4 is 33.8 Å². The summed E-state index contributed by atoms with van der Waals surface area (Å²) in [7, 11) is 2.12. The van der Waals surface area contributed by atoms with Gasteiger partial charge < -0.3 is 0 Å². The van der Waals surface area contributed by atoms with Crippen LogP contribution in [0.1, 0.15) is 0 Å². The van der Waals surface area contributed by atoms with E-state index in [1.54, 1.807) is 11.8 Å². The second kappa shape index (κ2) is 3.62. The summed E-state index contributed by atoms with van der Waals surface area (Å²) in [4.78, 5) is 11.6. The van der Waals surface area contributed by atoms with Crippen molar-refractivity contribution in [1.29, 1.82) is 0 Å². The molecule has 0 saturated carbocycles. The van der Waals surface area contributed by atoms with Gasteiger partial charge in [0, 0.05) is 0 Å². The minimum absolute atomic E-state index is 1.14. The molecule has 68 valence electrons. The second-order valence-electron chi connectivity index (χ2n) is 3.94. The van der Waals surface area contributed by atoms with Gasteiger partial charge in [-0.2, -0.15) is 0 Å². The topological polar surface area (TPSA) is 17.8 Å². The summed E-state index contributed by atoms with van der Waals surface area (Å²) in [6.45, 7) is 0. The van der Waals surface area contributed by atoms with E-state index < -0.39 is 18.4 Å². The summed E-state index contributed by atoms with van der Waals surface area (Å²) in [6.07, 6.45) is 4.13. The normalized spacial score (nSPS) is 12.1. The first-order valence-corrected chi connectivity index (χ1v) is 15.2. The Hall–Kier alpha value is 0.359. The fourth-order valence-electron chi connectivity index (χ4n) is 1.28. The van der Waals surface area contributed by atoms with Gasteiger partial charge in [-0.15, -0.1) is 0 Å². The molecule has 0 saturated heterocycles. The summed E-state index contributed by atoms with van der Waals surface area (Å²) >= 11 is -0.173. The molecule has 4 heteroatoms. The fourth-order valence-corrected chi connectivity index (χ4v) is 6.50. The van der Waals surface area contributed by atoms with Crippen molar-refractivity contribution in [2.24, 2.45) is 7.05 Å². The first kappa shape index (κ1) is 10.4. The molecular weight excluding hydrogens is 275 g/mol. The molecule has 0 aliphatic carbocycles. The molecule has 0 aliphatic heterocycles. The van der Waals surface area contributed by atoms with Gasteiger partial charge in [0.05, 0.1) is 0 Å². The Labute approximate surface area is 82.6 Å². The summed E-state index contributed by atoms with van der Waals surface area (Å²) in [5.74, 6) is 0. The number of imidazole rings is 1. The van der Waals surface area contributed by atoms with Crippen LogP contribution in [0.4, 0.5) is 0 Å². The van der Waals surface area contributed by atoms with Gasteiger partial charge in [-0.1, -0.05) is 0 Å². The maximum atomic E-state index is 4.38. The van der Waals surface area contributed by atoms with E-state index in [2.05, 4.69) is 43.9 Å². The van der Waals surface area contributed by atoms with Gasteiger partial charge >= 0.3 is 82.9 Å². The zero-order valence-corrected chi connectivity index (χ0v) is 12.1. The molecule has 2 nitrogen and oxygen atoms in total. The van der Waals surface area contributed by atoms with Crippen molar-refractivity contribution in [2.75, 3.05) is 6.26 Å². The van der Waals surface area contributed by atoms with E-state index in [9.17, 15) is 0 Å². The Kier molecular flexibility index (Phi) is 3.15. The van der Waals surface area contributed by atoms with E-state index in [1.165, 1.54) is 3.71 Å². The number of aromatic nitrogens is 2. The van der Waals surface area contributed by atoms with E-state index in [1.807, 2.05) is 0 Å². The third-order valence-corrected chi connectivity index (χ3v) is 8.35. The van der Waals surface area contributed by atoms with Gasteiger partial charge in [0.2, 0.25) is 0 Å². The summed E-state index contributed by atoms with van der Waals surface area (Å²) in [6, 6.07) is 0. The minimum atomic E-state index is -1.89. The van der Waals surface area contributed by atoms with Crippen LogP contribution in [0.25, 0.3) is 0 Å². The van der Waals surface area contributed by atoms with Gasteiger partial charge in [-0.05, 0) is 0 Å². The molecule has 1 heterocycles. The summed E-state index contributed by atoms with van der Waals surface area (Å²) < 4.78 is 3.74. The molecule has 1 rings (SSSR count). The molecule has 0 N–H and O–H groups in total. The van der Waals surface area contributed by atoms with Crippen LogP contribution in [0.15, 0.2) is 11.4 Å². The molecule has 0 radical (unpaired) electrons. The number of thioether (sulfide) groups is 1. The van der Waals surface area contributed by atoms with E-state index in [0.29, 0.717) is 0 Å². The molecule has 1 aromatic heterocycles. The van der Waals surface area contributed by atoms with Crippen LogP contribution in [-0.4, -0.2) is 34.2 Å². The van der Waals surface area contributed by atoms with Gasteiger partial charge in [0.15, 0.2) is 0 Å². The number of rotatable bonds is 2. The molecule has 0 amide bonds. The predicted octanol–water partition coefficient (Wildman–Crippen LogP) is 1.69. The molecular formula is C8H16N2SSn. The van der Waals surface area contributed by atoms with E-state index in [4.69, 9.17) is 0 Å².